The second kappa shape index (κ2) is 15.2. The number of nitrogen functional groups attached to an aromatic ring is 3. The summed E-state index contributed by atoms with van der Waals surface area (Å²) in [6.07, 6.45) is 0. The Labute approximate surface area is 317 Å². The number of nitro groups is 1. The molecule has 0 aliphatic heterocycles. The molecular formula is C28H20N8Na2O8S2. The predicted molar refractivity (Wildman–Crippen MR) is 166 cm³/mol. The van der Waals surface area contributed by atoms with E-state index in [0.29, 0.717) is 11.4 Å². The SMILES string of the molecule is Nc1cc(N)c([N+](=O)[O-])cc1N=Nc1ccc(-c2ccc(N=Nc3c(N)c(S(=O)(=O)[O-])cc4cc(S(=O)(=O)[O-])ccc34)cc2)cc1.[Na+].[Na+]. The molecule has 0 aliphatic carbocycles. The van der Waals surface area contributed by atoms with E-state index in [4.69, 9.17) is 17.2 Å². The molecule has 0 saturated carbocycles. The van der Waals surface area contributed by atoms with E-state index < -0.39 is 40.6 Å². The Morgan fingerprint density at radius 2 is 1.17 bits per heavy atom. The second-order valence-electron chi connectivity index (χ2n) is 9.65. The molecule has 20 heteroatoms. The van der Waals surface area contributed by atoms with Gasteiger partial charge in [-0.05, 0) is 65.0 Å². The van der Waals surface area contributed by atoms with E-state index in [-0.39, 0.29) is 98.3 Å². The van der Waals surface area contributed by atoms with Crippen LogP contribution >= 0.6 is 0 Å². The fourth-order valence-corrected chi connectivity index (χ4v) is 5.49. The number of hydrogen-bond acceptors (Lipinski definition) is 15. The number of anilines is 3. The van der Waals surface area contributed by atoms with Gasteiger partial charge in [-0.15, -0.1) is 10.2 Å². The van der Waals surface area contributed by atoms with Crippen molar-refractivity contribution < 1.29 is 90.0 Å². The third-order valence-corrected chi connectivity index (χ3v) is 8.33. The Balaban J connectivity index is 0.00000312. The number of nitrogens with zero attached hydrogens (tertiary/aromatic N) is 5. The zero-order valence-electron chi connectivity index (χ0n) is 25.1. The zero-order chi connectivity index (χ0) is 33.4. The molecule has 0 aromatic heterocycles. The Bertz CT molecular complexity index is 2320. The molecule has 0 heterocycles. The van der Waals surface area contributed by atoms with Gasteiger partial charge < -0.3 is 26.3 Å². The quantitative estimate of drug-likeness (QED) is 0.0474. The van der Waals surface area contributed by atoms with Crippen molar-refractivity contribution >= 4 is 76.5 Å². The summed E-state index contributed by atoms with van der Waals surface area (Å²) in [6.45, 7) is 0. The molecule has 0 saturated heterocycles. The molecule has 0 amide bonds. The van der Waals surface area contributed by atoms with Crippen LogP contribution in [-0.2, 0) is 20.2 Å². The van der Waals surface area contributed by atoms with E-state index in [1.807, 2.05) is 0 Å². The van der Waals surface area contributed by atoms with Crippen LogP contribution in [0, 0.1) is 10.1 Å². The minimum atomic E-state index is -5.10. The van der Waals surface area contributed by atoms with Crippen molar-refractivity contribution in [2.75, 3.05) is 17.2 Å². The predicted octanol–water partition coefficient (Wildman–Crippen LogP) is -0.191. The summed E-state index contributed by atoms with van der Waals surface area (Å²) in [5.41, 5.74) is 18.9. The Kier molecular flexibility index (Phi) is 12.2. The van der Waals surface area contributed by atoms with Gasteiger partial charge in [0.25, 0.3) is 5.69 Å². The van der Waals surface area contributed by atoms with Crippen LogP contribution in [0.4, 0.5) is 45.5 Å². The van der Waals surface area contributed by atoms with Gasteiger partial charge in [-0.1, -0.05) is 30.3 Å². The fraction of sp³-hybridized carbons (Fsp3) is 0. The van der Waals surface area contributed by atoms with Gasteiger partial charge in [0.2, 0.25) is 0 Å². The van der Waals surface area contributed by atoms with Crippen molar-refractivity contribution in [1.82, 2.24) is 0 Å². The summed E-state index contributed by atoms with van der Waals surface area (Å²) >= 11 is 0. The molecule has 0 bridgehead atoms. The topological polar surface area (TPSA) is 285 Å². The summed E-state index contributed by atoms with van der Waals surface area (Å²) in [4.78, 5) is 9.02. The Morgan fingerprint density at radius 1 is 0.625 bits per heavy atom. The maximum absolute atomic E-state index is 11.8. The van der Waals surface area contributed by atoms with Crippen LogP contribution in [-0.4, -0.2) is 30.9 Å². The number of nitrogens with two attached hydrogens (primary N) is 3. The minimum Gasteiger partial charge on any atom is -0.744 e. The average molecular weight is 707 g/mol. The molecule has 0 spiro atoms. The normalized spacial score (nSPS) is 11.8. The van der Waals surface area contributed by atoms with Crippen LogP contribution in [0.15, 0.2) is 115 Å². The van der Waals surface area contributed by atoms with E-state index in [0.717, 1.165) is 35.4 Å². The molecule has 0 fully saturated rings. The molecule has 6 N–H and O–H groups in total. The number of hydrogen-bond donors (Lipinski definition) is 3. The van der Waals surface area contributed by atoms with Crippen LogP contribution in [0.25, 0.3) is 21.9 Å². The molecule has 16 nitrogen and oxygen atoms in total. The molecule has 5 aromatic rings. The van der Waals surface area contributed by atoms with Gasteiger partial charge in [0.05, 0.1) is 37.5 Å². The standard InChI is InChI=1S/C28H22N8O8S2.2Na/c29-22-13-23(30)25(36(37)38)14-24(22)34-32-18-5-1-15(2-6-18)16-3-7-19(8-4-16)33-35-28-21-10-9-20(45(39,40)41)11-17(21)12-26(27(28)31)46(42,43)44;;/h1-14H,29-31H2,(H,39,40,41)(H,42,43,44);;/q;2*+1/p-2. The third kappa shape index (κ3) is 8.60. The third-order valence-electron chi connectivity index (χ3n) is 6.62. The van der Waals surface area contributed by atoms with Crippen LogP contribution in [0.1, 0.15) is 0 Å². The number of rotatable bonds is 8. The number of nitro benzene ring substituents is 1. The maximum Gasteiger partial charge on any atom is 1.00 e. The molecule has 48 heavy (non-hydrogen) atoms. The molecular weight excluding hydrogens is 686 g/mol. The Hall–Kier alpha value is -3.82. The van der Waals surface area contributed by atoms with E-state index >= 15 is 0 Å². The zero-order valence-corrected chi connectivity index (χ0v) is 30.8. The summed E-state index contributed by atoms with van der Waals surface area (Å²) in [7, 11) is -9.97. The van der Waals surface area contributed by atoms with Crippen molar-refractivity contribution in [3.63, 3.8) is 0 Å². The first-order valence-electron chi connectivity index (χ1n) is 12.8. The molecule has 0 radical (unpaired) electrons. The van der Waals surface area contributed by atoms with Gasteiger partial charge in [0.1, 0.15) is 37.3 Å². The largest absolute Gasteiger partial charge is 1.00 e. The van der Waals surface area contributed by atoms with Gasteiger partial charge in [0, 0.05) is 11.5 Å². The molecule has 234 valence electrons. The summed E-state index contributed by atoms with van der Waals surface area (Å²) < 4.78 is 69.9. The van der Waals surface area contributed by atoms with Crippen LogP contribution in [0.2, 0.25) is 0 Å². The molecule has 0 atom stereocenters. The van der Waals surface area contributed by atoms with Crippen LogP contribution < -0.4 is 76.3 Å². The minimum absolute atomic E-state index is 0. The van der Waals surface area contributed by atoms with E-state index in [1.165, 1.54) is 12.1 Å². The molecule has 5 aromatic carbocycles. The Morgan fingerprint density at radius 3 is 1.67 bits per heavy atom. The van der Waals surface area contributed by atoms with Gasteiger partial charge in [-0.25, -0.2) is 16.8 Å². The van der Waals surface area contributed by atoms with Crippen LogP contribution in [0.3, 0.4) is 0 Å². The monoisotopic (exact) mass is 706 g/mol. The fourth-order valence-electron chi connectivity index (χ4n) is 4.34. The van der Waals surface area contributed by atoms with Gasteiger partial charge in [0.15, 0.2) is 0 Å². The first kappa shape index (κ1) is 38.6. The molecule has 0 aliphatic rings. The number of azo groups is 2. The second-order valence-corrected chi connectivity index (χ2v) is 12.4. The van der Waals surface area contributed by atoms with E-state index in [1.54, 1.807) is 48.5 Å². The van der Waals surface area contributed by atoms with Gasteiger partial charge >= 0.3 is 59.1 Å². The summed E-state index contributed by atoms with van der Waals surface area (Å²) in [6, 6.07) is 19.9. The number of benzene rings is 5. The van der Waals surface area contributed by atoms with Gasteiger partial charge in [-0.2, -0.15) is 10.2 Å². The van der Waals surface area contributed by atoms with Crippen molar-refractivity contribution in [2.24, 2.45) is 20.5 Å². The van der Waals surface area contributed by atoms with Gasteiger partial charge in [-0.3, -0.25) is 10.1 Å². The first-order chi connectivity index (χ1) is 21.6. The first-order valence-corrected chi connectivity index (χ1v) is 15.6. The van der Waals surface area contributed by atoms with E-state index in [9.17, 15) is 36.1 Å². The summed E-state index contributed by atoms with van der Waals surface area (Å²) in [5, 5.41) is 27.4. The smallest absolute Gasteiger partial charge is 0.744 e. The maximum atomic E-state index is 11.8. The van der Waals surface area contributed by atoms with Crippen molar-refractivity contribution in [3.8, 4) is 11.1 Å². The number of fused-ring (bicyclic) bond motifs is 1. The van der Waals surface area contributed by atoms with E-state index in [2.05, 4.69) is 20.5 Å². The van der Waals surface area contributed by atoms with Crippen LogP contribution in [0.5, 0.6) is 0 Å². The van der Waals surface area contributed by atoms with Crippen molar-refractivity contribution in [1.29, 1.82) is 0 Å². The molecule has 5 rings (SSSR count). The molecule has 0 unspecified atom stereocenters. The van der Waals surface area contributed by atoms with Crippen molar-refractivity contribution in [3.05, 3.63) is 95.0 Å². The average Bonchev–Trinajstić information content (AvgIpc) is 2.99. The summed E-state index contributed by atoms with van der Waals surface area (Å²) in [5.74, 6) is 0. The van der Waals surface area contributed by atoms with Crippen molar-refractivity contribution in [2.45, 2.75) is 9.79 Å².